The van der Waals surface area contributed by atoms with Crippen LogP contribution in [0.15, 0.2) is 30.3 Å². The molecule has 0 radical (unpaired) electrons. The molecule has 4 heteroatoms. The summed E-state index contributed by atoms with van der Waals surface area (Å²) in [5.41, 5.74) is 1.01. The Hall–Kier alpha value is -1.29. The van der Waals surface area contributed by atoms with Crippen molar-refractivity contribution in [2.45, 2.75) is 51.2 Å². The number of hydrogen-bond acceptors (Lipinski definition) is 4. The first-order valence-corrected chi connectivity index (χ1v) is 8.33. The van der Waals surface area contributed by atoms with E-state index >= 15 is 0 Å². The van der Waals surface area contributed by atoms with Gasteiger partial charge in [-0.05, 0) is 12.0 Å². The van der Waals surface area contributed by atoms with Crippen molar-refractivity contribution in [3.05, 3.63) is 35.9 Å². The molecule has 0 bridgehead atoms. The van der Waals surface area contributed by atoms with Crippen LogP contribution in [0.3, 0.4) is 0 Å². The van der Waals surface area contributed by atoms with Crippen LogP contribution in [0, 0.1) is 0 Å². The van der Waals surface area contributed by atoms with Crippen molar-refractivity contribution in [2.24, 2.45) is 0 Å². The Bertz CT molecular complexity index is 445. The quantitative estimate of drug-likeness (QED) is 0.534. The second-order valence-corrected chi connectivity index (χ2v) is 6.60. The van der Waals surface area contributed by atoms with Crippen molar-refractivity contribution in [3.63, 3.8) is 0 Å². The Labute approximate surface area is 131 Å². The van der Waals surface area contributed by atoms with E-state index in [0.29, 0.717) is 6.61 Å². The van der Waals surface area contributed by atoms with E-state index in [9.17, 15) is 9.59 Å². The predicted molar refractivity (Wildman–Crippen MR) is 87.4 cm³/mol. The first kappa shape index (κ1) is 17.8. The van der Waals surface area contributed by atoms with Gasteiger partial charge in [0.1, 0.15) is 0 Å². The summed E-state index contributed by atoms with van der Waals surface area (Å²) < 4.78 is 5.12. The number of ether oxygens (including phenoxy) is 1. The topological polar surface area (TPSA) is 43.4 Å². The lowest BCUT2D eigenvalue weighted by Gasteiger charge is -2.14. The van der Waals surface area contributed by atoms with E-state index in [1.807, 2.05) is 44.2 Å². The first-order valence-electron chi connectivity index (χ1n) is 7.45. The molecular weight excluding hydrogens is 284 g/mol. The molecule has 116 valence electrons. The van der Waals surface area contributed by atoms with Gasteiger partial charge in [-0.2, -0.15) is 0 Å². The largest absolute Gasteiger partial charge is 0.466 e. The van der Waals surface area contributed by atoms with Gasteiger partial charge in [0.2, 0.25) is 0 Å². The SMILES string of the molecule is CCCCOC(=O)CC(C)SC(=O)[C@@H](C)c1ccccc1. The van der Waals surface area contributed by atoms with Crippen molar-refractivity contribution in [1.82, 2.24) is 0 Å². The van der Waals surface area contributed by atoms with E-state index in [2.05, 4.69) is 6.92 Å². The molecule has 2 atom stereocenters. The molecule has 0 saturated carbocycles. The fourth-order valence-electron chi connectivity index (χ4n) is 1.84. The zero-order valence-corrected chi connectivity index (χ0v) is 13.8. The van der Waals surface area contributed by atoms with Crippen LogP contribution in [0.1, 0.15) is 51.5 Å². The third kappa shape index (κ3) is 6.80. The summed E-state index contributed by atoms with van der Waals surface area (Å²) in [7, 11) is 0. The summed E-state index contributed by atoms with van der Waals surface area (Å²) in [6.07, 6.45) is 2.17. The number of rotatable bonds is 8. The highest BCUT2D eigenvalue weighted by Crippen LogP contribution is 2.26. The molecule has 1 aromatic rings. The molecule has 0 aliphatic heterocycles. The van der Waals surface area contributed by atoms with Crippen molar-refractivity contribution in [2.75, 3.05) is 6.61 Å². The van der Waals surface area contributed by atoms with Gasteiger partial charge in [-0.25, -0.2) is 0 Å². The van der Waals surface area contributed by atoms with Gasteiger partial charge >= 0.3 is 5.97 Å². The molecule has 0 N–H and O–H groups in total. The third-order valence-corrected chi connectivity index (χ3v) is 4.34. The molecule has 0 aliphatic carbocycles. The van der Waals surface area contributed by atoms with Crippen LogP contribution in [0.2, 0.25) is 0 Å². The molecule has 0 heterocycles. The zero-order valence-electron chi connectivity index (χ0n) is 13.0. The number of carbonyl (C=O) groups excluding carboxylic acids is 2. The maximum absolute atomic E-state index is 12.2. The van der Waals surface area contributed by atoms with Crippen molar-refractivity contribution in [3.8, 4) is 0 Å². The van der Waals surface area contributed by atoms with Gasteiger partial charge in [0.05, 0.1) is 18.9 Å². The maximum atomic E-state index is 12.2. The summed E-state index contributed by atoms with van der Waals surface area (Å²) >= 11 is 1.23. The van der Waals surface area contributed by atoms with Crippen LogP contribution in [0.4, 0.5) is 0 Å². The number of unbranched alkanes of at least 4 members (excludes halogenated alkanes) is 1. The second-order valence-electron chi connectivity index (χ2n) is 5.16. The fourth-order valence-corrected chi connectivity index (χ4v) is 2.80. The molecule has 0 aliphatic rings. The summed E-state index contributed by atoms with van der Waals surface area (Å²) in [4.78, 5) is 23.8. The van der Waals surface area contributed by atoms with Crippen LogP contribution in [0.5, 0.6) is 0 Å². The molecule has 0 fully saturated rings. The second kappa shape index (κ2) is 9.61. The Morgan fingerprint density at radius 3 is 2.48 bits per heavy atom. The molecule has 0 spiro atoms. The molecule has 0 aromatic heterocycles. The van der Waals surface area contributed by atoms with Crippen molar-refractivity contribution < 1.29 is 14.3 Å². The number of carbonyl (C=O) groups is 2. The Morgan fingerprint density at radius 2 is 1.86 bits per heavy atom. The van der Waals surface area contributed by atoms with Gasteiger partial charge in [-0.1, -0.05) is 69.3 Å². The van der Waals surface area contributed by atoms with Crippen LogP contribution >= 0.6 is 11.8 Å². The molecule has 21 heavy (non-hydrogen) atoms. The molecule has 1 rings (SSSR count). The maximum Gasteiger partial charge on any atom is 0.306 e. The van der Waals surface area contributed by atoms with Crippen molar-refractivity contribution >= 4 is 22.8 Å². The van der Waals surface area contributed by atoms with Gasteiger partial charge < -0.3 is 4.74 Å². The molecule has 0 amide bonds. The van der Waals surface area contributed by atoms with Crippen LogP contribution in [-0.4, -0.2) is 22.9 Å². The van der Waals surface area contributed by atoms with E-state index in [-0.39, 0.29) is 28.7 Å². The summed E-state index contributed by atoms with van der Waals surface area (Å²) in [5, 5.41) is 0.0350. The third-order valence-electron chi connectivity index (χ3n) is 3.19. The highest BCUT2D eigenvalue weighted by Gasteiger charge is 2.20. The van der Waals surface area contributed by atoms with Crippen molar-refractivity contribution in [1.29, 1.82) is 0 Å². The van der Waals surface area contributed by atoms with E-state index < -0.39 is 0 Å². The van der Waals surface area contributed by atoms with E-state index in [1.54, 1.807) is 0 Å². The normalized spacial score (nSPS) is 13.5. The molecular formula is C17H24O3S. The summed E-state index contributed by atoms with van der Waals surface area (Å²) in [6, 6.07) is 9.69. The Balaban J connectivity index is 2.38. The smallest absolute Gasteiger partial charge is 0.306 e. The average Bonchev–Trinajstić information content (AvgIpc) is 2.47. The standard InChI is InChI=1S/C17H24O3S/c1-4-5-11-20-16(18)12-13(2)21-17(19)14(3)15-9-7-6-8-10-15/h6-10,13-14H,4-5,11-12H2,1-3H3/t13?,14-/m0/s1. The minimum atomic E-state index is -0.219. The summed E-state index contributed by atoms with van der Waals surface area (Å²) in [5.74, 6) is -0.377. The van der Waals surface area contributed by atoms with Crippen LogP contribution in [0.25, 0.3) is 0 Å². The van der Waals surface area contributed by atoms with E-state index in [1.165, 1.54) is 11.8 Å². The van der Waals surface area contributed by atoms with Gasteiger partial charge in [0, 0.05) is 5.25 Å². The highest BCUT2D eigenvalue weighted by atomic mass is 32.2. The first-order chi connectivity index (χ1) is 10.0. The lowest BCUT2D eigenvalue weighted by atomic mass is 10.0. The molecule has 1 aromatic carbocycles. The number of hydrogen-bond donors (Lipinski definition) is 0. The lowest BCUT2D eigenvalue weighted by Crippen LogP contribution is -2.15. The van der Waals surface area contributed by atoms with Gasteiger partial charge in [-0.15, -0.1) is 0 Å². The molecule has 1 unspecified atom stereocenters. The molecule has 0 saturated heterocycles. The lowest BCUT2D eigenvalue weighted by molar-refractivity contribution is -0.143. The van der Waals surface area contributed by atoms with Crippen LogP contribution < -0.4 is 0 Å². The molecule has 3 nitrogen and oxygen atoms in total. The Morgan fingerprint density at radius 1 is 1.19 bits per heavy atom. The summed E-state index contributed by atoms with van der Waals surface area (Å²) in [6.45, 7) is 6.31. The minimum Gasteiger partial charge on any atom is -0.466 e. The number of thioether (sulfide) groups is 1. The number of benzene rings is 1. The highest BCUT2D eigenvalue weighted by molar-refractivity contribution is 8.14. The van der Waals surface area contributed by atoms with E-state index in [4.69, 9.17) is 4.74 Å². The monoisotopic (exact) mass is 308 g/mol. The minimum absolute atomic E-state index is 0.0576. The van der Waals surface area contributed by atoms with Gasteiger partial charge in [0.15, 0.2) is 5.12 Å². The predicted octanol–water partition coefficient (Wildman–Crippen LogP) is 4.17. The fraction of sp³-hybridized carbons (Fsp3) is 0.529. The van der Waals surface area contributed by atoms with Gasteiger partial charge in [0.25, 0.3) is 0 Å². The number of esters is 1. The van der Waals surface area contributed by atoms with Crippen LogP contribution in [-0.2, 0) is 14.3 Å². The Kier molecular flexibility index (Phi) is 8.13. The zero-order chi connectivity index (χ0) is 15.7. The van der Waals surface area contributed by atoms with Gasteiger partial charge in [-0.3, -0.25) is 9.59 Å². The average molecular weight is 308 g/mol. The van der Waals surface area contributed by atoms with E-state index in [0.717, 1.165) is 18.4 Å².